The highest BCUT2D eigenvalue weighted by Crippen LogP contribution is 2.18. The van der Waals surface area contributed by atoms with Gasteiger partial charge in [-0.1, -0.05) is 50.5 Å². The number of aryl methyl sites for hydroxylation is 2. The molecule has 0 bridgehead atoms. The summed E-state index contributed by atoms with van der Waals surface area (Å²) in [6, 6.07) is 8.41. The van der Waals surface area contributed by atoms with Gasteiger partial charge in [0.2, 0.25) is 5.91 Å². The van der Waals surface area contributed by atoms with Crippen LogP contribution in [0.4, 0.5) is 0 Å². The van der Waals surface area contributed by atoms with E-state index in [0.29, 0.717) is 6.42 Å². The van der Waals surface area contributed by atoms with Gasteiger partial charge in [-0.3, -0.25) is 4.79 Å². The van der Waals surface area contributed by atoms with Crippen molar-refractivity contribution in [2.45, 2.75) is 70.4 Å². The van der Waals surface area contributed by atoms with Crippen LogP contribution in [-0.2, 0) is 17.6 Å². The van der Waals surface area contributed by atoms with Crippen molar-refractivity contribution in [3.63, 3.8) is 0 Å². The molecule has 1 amide bonds. The summed E-state index contributed by atoms with van der Waals surface area (Å²) in [6.45, 7) is 2.14. The molecule has 2 atom stereocenters. The molecular formula is C18H27NO2. The van der Waals surface area contributed by atoms with Crippen LogP contribution in [0.3, 0.4) is 0 Å². The van der Waals surface area contributed by atoms with Crippen molar-refractivity contribution in [3.05, 3.63) is 35.4 Å². The maximum atomic E-state index is 12.0. The van der Waals surface area contributed by atoms with Crippen molar-refractivity contribution in [2.24, 2.45) is 0 Å². The number of carbonyl (C=O) groups excluding carboxylic acids is 1. The quantitative estimate of drug-likeness (QED) is 0.819. The smallest absolute Gasteiger partial charge is 0.220 e. The summed E-state index contributed by atoms with van der Waals surface area (Å²) >= 11 is 0. The summed E-state index contributed by atoms with van der Waals surface area (Å²) in [5.41, 5.74) is 2.52. The fraction of sp³-hybridized carbons (Fsp3) is 0.611. The van der Waals surface area contributed by atoms with Crippen LogP contribution in [0.2, 0.25) is 0 Å². The Morgan fingerprint density at radius 1 is 1.14 bits per heavy atom. The number of benzene rings is 1. The molecule has 0 heterocycles. The Balaban J connectivity index is 1.78. The highest BCUT2D eigenvalue weighted by molar-refractivity contribution is 5.76. The van der Waals surface area contributed by atoms with Crippen molar-refractivity contribution < 1.29 is 9.90 Å². The fourth-order valence-electron chi connectivity index (χ4n) is 2.93. The standard InChI is InChI=1S/C18H27NO2/c1-2-14-8-10-15(11-9-14)12-13-18(21)19-16-6-4-3-5-7-17(16)20/h8-11,16-17,20H,2-7,12-13H2,1H3,(H,19,21). The van der Waals surface area contributed by atoms with E-state index in [1.807, 2.05) is 0 Å². The first-order valence-corrected chi connectivity index (χ1v) is 8.24. The molecule has 1 fully saturated rings. The van der Waals surface area contributed by atoms with Gasteiger partial charge in [-0.05, 0) is 36.8 Å². The molecule has 21 heavy (non-hydrogen) atoms. The molecule has 2 N–H and O–H groups in total. The summed E-state index contributed by atoms with van der Waals surface area (Å²) in [5.74, 6) is 0.0560. The Bertz CT molecular complexity index is 441. The zero-order chi connectivity index (χ0) is 15.1. The van der Waals surface area contributed by atoms with Crippen LogP contribution in [0.1, 0.15) is 56.6 Å². The van der Waals surface area contributed by atoms with Gasteiger partial charge in [0, 0.05) is 6.42 Å². The minimum Gasteiger partial charge on any atom is -0.391 e. The number of aliphatic hydroxyl groups excluding tert-OH is 1. The van der Waals surface area contributed by atoms with Gasteiger partial charge in [-0.25, -0.2) is 0 Å². The maximum Gasteiger partial charge on any atom is 0.220 e. The molecule has 0 aromatic heterocycles. The Kier molecular flexibility index (Phi) is 6.24. The summed E-state index contributed by atoms with van der Waals surface area (Å²) in [7, 11) is 0. The van der Waals surface area contributed by atoms with E-state index < -0.39 is 0 Å². The molecule has 1 saturated carbocycles. The van der Waals surface area contributed by atoms with Gasteiger partial charge >= 0.3 is 0 Å². The predicted molar refractivity (Wildman–Crippen MR) is 85.2 cm³/mol. The highest BCUT2D eigenvalue weighted by atomic mass is 16.3. The second-order valence-corrected chi connectivity index (χ2v) is 6.05. The van der Waals surface area contributed by atoms with E-state index in [4.69, 9.17) is 0 Å². The number of carbonyl (C=O) groups is 1. The average molecular weight is 289 g/mol. The van der Waals surface area contributed by atoms with Crippen LogP contribution >= 0.6 is 0 Å². The summed E-state index contributed by atoms with van der Waals surface area (Å²) in [5, 5.41) is 13.0. The van der Waals surface area contributed by atoms with E-state index in [-0.39, 0.29) is 18.1 Å². The normalized spacial score (nSPS) is 22.6. The van der Waals surface area contributed by atoms with Crippen molar-refractivity contribution in [2.75, 3.05) is 0 Å². The third-order valence-corrected chi connectivity index (χ3v) is 4.40. The molecule has 1 aliphatic rings. The van der Waals surface area contributed by atoms with Gasteiger partial charge in [-0.15, -0.1) is 0 Å². The van der Waals surface area contributed by atoms with Crippen LogP contribution in [0.15, 0.2) is 24.3 Å². The van der Waals surface area contributed by atoms with Crippen molar-refractivity contribution in [1.29, 1.82) is 0 Å². The van der Waals surface area contributed by atoms with Gasteiger partial charge in [0.05, 0.1) is 12.1 Å². The number of aliphatic hydroxyl groups is 1. The van der Waals surface area contributed by atoms with E-state index in [1.54, 1.807) is 0 Å². The van der Waals surface area contributed by atoms with Crippen LogP contribution in [0, 0.1) is 0 Å². The Morgan fingerprint density at radius 3 is 2.52 bits per heavy atom. The minimum atomic E-state index is -0.375. The summed E-state index contributed by atoms with van der Waals surface area (Å²) < 4.78 is 0. The third kappa shape index (κ3) is 5.16. The van der Waals surface area contributed by atoms with Crippen LogP contribution < -0.4 is 5.32 Å². The minimum absolute atomic E-state index is 0.0533. The van der Waals surface area contributed by atoms with Gasteiger partial charge in [0.25, 0.3) is 0 Å². The zero-order valence-corrected chi connectivity index (χ0v) is 13.0. The Labute approximate surface area is 127 Å². The predicted octanol–water partition coefficient (Wildman–Crippen LogP) is 2.99. The molecule has 2 rings (SSSR count). The molecule has 0 saturated heterocycles. The Morgan fingerprint density at radius 2 is 1.81 bits per heavy atom. The molecule has 3 heteroatoms. The van der Waals surface area contributed by atoms with Gasteiger partial charge in [0.1, 0.15) is 0 Å². The summed E-state index contributed by atoms with van der Waals surface area (Å²) in [6.07, 6.45) is 6.96. The van der Waals surface area contributed by atoms with Crippen molar-refractivity contribution in [3.8, 4) is 0 Å². The number of hydrogen-bond acceptors (Lipinski definition) is 2. The lowest BCUT2D eigenvalue weighted by Crippen LogP contribution is -2.42. The first kappa shape index (κ1) is 16.0. The van der Waals surface area contributed by atoms with Crippen LogP contribution in [0.5, 0.6) is 0 Å². The second-order valence-electron chi connectivity index (χ2n) is 6.05. The van der Waals surface area contributed by atoms with Crippen molar-refractivity contribution in [1.82, 2.24) is 5.32 Å². The molecule has 0 aliphatic heterocycles. The topological polar surface area (TPSA) is 49.3 Å². The molecule has 0 radical (unpaired) electrons. The monoisotopic (exact) mass is 289 g/mol. The first-order chi connectivity index (χ1) is 10.2. The highest BCUT2D eigenvalue weighted by Gasteiger charge is 2.22. The van der Waals surface area contributed by atoms with Gasteiger partial charge in [0.15, 0.2) is 0 Å². The number of hydrogen-bond donors (Lipinski definition) is 2. The lowest BCUT2D eigenvalue weighted by molar-refractivity contribution is -0.122. The molecule has 1 aromatic rings. The Hall–Kier alpha value is -1.35. The van der Waals surface area contributed by atoms with Gasteiger partial charge in [-0.2, -0.15) is 0 Å². The average Bonchev–Trinajstić information content (AvgIpc) is 2.71. The van der Waals surface area contributed by atoms with E-state index in [2.05, 4.69) is 36.5 Å². The van der Waals surface area contributed by atoms with E-state index >= 15 is 0 Å². The zero-order valence-electron chi connectivity index (χ0n) is 13.0. The summed E-state index contributed by atoms with van der Waals surface area (Å²) in [4.78, 5) is 12.0. The molecule has 1 aromatic carbocycles. The van der Waals surface area contributed by atoms with Crippen molar-refractivity contribution >= 4 is 5.91 Å². The molecule has 0 spiro atoms. The number of amides is 1. The number of nitrogens with one attached hydrogen (secondary N) is 1. The van der Waals surface area contributed by atoms with E-state index in [9.17, 15) is 9.90 Å². The van der Waals surface area contributed by atoms with Gasteiger partial charge < -0.3 is 10.4 Å². The first-order valence-electron chi connectivity index (χ1n) is 8.24. The maximum absolute atomic E-state index is 12.0. The third-order valence-electron chi connectivity index (χ3n) is 4.40. The number of rotatable bonds is 5. The molecule has 2 unspecified atom stereocenters. The van der Waals surface area contributed by atoms with E-state index in [0.717, 1.165) is 44.9 Å². The lowest BCUT2D eigenvalue weighted by Gasteiger charge is -2.21. The molecule has 116 valence electrons. The molecular weight excluding hydrogens is 262 g/mol. The largest absolute Gasteiger partial charge is 0.391 e. The van der Waals surface area contributed by atoms with Crippen LogP contribution in [-0.4, -0.2) is 23.2 Å². The lowest BCUT2D eigenvalue weighted by atomic mass is 10.0. The fourth-order valence-corrected chi connectivity index (χ4v) is 2.93. The van der Waals surface area contributed by atoms with E-state index in [1.165, 1.54) is 11.1 Å². The molecule has 1 aliphatic carbocycles. The SMILES string of the molecule is CCc1ccc(CCC(=O)NC2CCCCCC2O)cc1. The second kappa shape index (κ2) is 8.18. The molecule has 3 nitrogen and oxygen atoms in total. The van der Waals surface area contributed by atoms with Crippen LogP contribution in [0.25, 0.3) is 0 Å².